The summed E-state index contributed by atoms with van der Waals surface area (Å²) in [7, 11) is 0. The van der Waals surface area contributed by atoms with Gasteiger partial charge in [0, 0.05) is 0 Å². The van der Waals surface area contributed by atoms with Crippen LogP contribution in [0.5, 0.6) is 0 Å². The average molecular weight is 248 g/mol. The monoisotopic (exact) mass is 248 g/mol. The Kier molecular flexibility index (Phi) is 5.22. The molecule has 0 bridgehead atoms. The summed E-state index contributed by atoms with van der Waals surface area (Å²) < 4.78 is 13.7. The molecule has 1 aromatic carbocycles. The average Bonchev–Trinajstić information content (AvgIpc) is 2.41. The van der Waals surface area contributed by atoms with Gasteiger partial charge in [0.2, 0.25) is 0 Å². The molecule has 2 rings (SSSR count). The zero-order valence-electron chi connectivity index (χ0n) is 11.5. The minimum absolute atomic E-state index is 0.00747. The van der Waals surface area contributed by atoms with Crippen LogP contribution in [0.3, 0.4) is 0 Å². The lowest BCUT2D eigenvalue weighted by Gasteiger charge is -2.29. The van der Waals surface area contributed by atoms with Crippen molar-refractivity contribution in [3.63, 3.8) is 0 Å². The summed E-state index contributed by atoms with van der Waals surface area (Å²) in [6.07, 6.45) is 10.4. The van der Waals surface area contributed by atoms with E-state index in [0.29, 0.717) is 5.92 Å². The van der Waals surface area contributed by atoms with E-state index in [9.17, 15) is 4.39 Å². The van der Waals surface area contributed by atoms with Gasteiger partial charge in [0.25, 0.3) is 0 Å². The number of halogens is 1. The van der Waals surface area contributed by atoms with E-state index in [0.717, 1.165) is 11.5 Å². The number of rotatable bonds is 5. The molecule has 0 aliphatic heterocycles. The lowest BCUT2D eigenvalue weighted by atomic mass is 9.77. The van der Waals surface area contributed by atoms with Gasteiger partial charge in [-0.3, -0.25) is 0 Å². The van der Waals surface area contributed by atoms with Gasteiger partial charge in [-0.25, -0.2) is 4.39 Å². The Morgan fingerprint density at radius 1 is 1.06 bits per heavy atom. The van der Waals surface area contributed by atoms with Crippen LogP contribution in [-0.4, -0.2) is 0 Å². The first-order chi connectivity index (χ1) is 8.81. The van der Waals surface area contributed by atoms with Crippen molar-refractivity contribution >= 4 is 0 Å². The Morgan fingerprint density at radius 2 is 1.78 bits per heavy atom. The summed E-state index contributed by atoms with van der Waals surface area (Å²) in [5.41, 5.74) is 0.949. The highest BCUT2D eigenvalue weighted by molar-refractivity contribution is 5.22. The normalized spacial score (nSPS) is 24.1. The van der Waals surface area contributed by atoms with Crippen molar-refractivity contribution in [2.75, 3.05) is 0 Å². The summed E-state index contributed by atoms with van der Waals surface area (Å²) >= 11 is 0. The van der Waals surface area contributed by atoms with Crippen LogP contribution in [0.2, 0.25) is 0 Å². The first-order valence-corrected chi connectivity index (χ1v) is 7.55. The van der Waals surface area contributed by atoms with E-state index in [1.165, 1.54) is 51.4 Å². The molecule has 0 amide bonds. The fourth-order valence-corrected chi connectivity index (χ4v) is 3.25. The van der Waals surface area contributed by atoms with Crippen LogP contribution in [0.25, 0.3) is 0 Å². The molecule has 1 fully saturated rings. The molecule has 0 aromatic heterocycles. The summed E-state index contributed by atoms with van der Waals surface area (Å²) in [5, 5.41) is 0. The predicted molar refractivity (Wildman–Crippen MR) is 75.2 cm³/mol. The van der Waals surface area contributed by atoms with Crippen molar-refractivity contribution in [3.05, 3.63) is 35.6 Å². The van der Waals surface area contributed by atoms with Gasteiger partial charge in [-0.2, -0.15) is 0 Å². The molecule has 0 atom stereocenters. The minimum atomic E-state index is -0.00747. The molecule has 0 radical (unpaired) electrons. The van der Waals surface area contributed by atoms with Gasteiger partial charge in [-0.15, -0.1) is 0 Å². The predicted octanol–water partition coefficient (Wildman–Crippen LogP) is 5.68. The Labute approximate surface area is 111 Å². The molecular weight excluding hydrogens is 223 g/mol. The Bertz CT molecular complexity index is 350. The van der Waals surface area contributed by atoms with Crippen LogP contribution in [-0.2, 0) is 0 Å². The highest BCUT2D eigenvalue weighted by Crippen LogP contribution is 2.38. The fourth-order valence-electron chi connectivity index (χ4n) is 3.25. The summed E-state index contributed by atoms with van der Waals surface area (Å²) in [6, 6.07) is 7.32. The zero-order chi connectivity index (χ0) is 12.8. The van der Waals surface area contributed by atoms with E-state index in [4.69, 9.17) is 0 Å². The SMILES string of the molecule is CCCCC[C@H]1CC[C@H](c2ccccc2F)CC1. The molecule has 18 heavy (non-hydrogen) atoms. The summed E-state index contributed by atoms with van der Waals surface area (Å²) in [4.78, 5) is 0. The molecule has 0 unspecified atom stereocenters. The molecule has 100 valence electrons. The van der Waals surface area contributed by atoms with E-state index in [-0.39, 0.29) is 5.82 Å². The molecule has 1 aliphatic rings. The van der Waals surface area contributed by atoms with E-state index in [1.807, 2.05) is 12.1 Å². The van der Waals surface area contributed by atoms with Crippen molar-refractivity contribution in [2.45, 2.75) is 64.2 Å². The lowest BCUT2D eigenvalue weighted by Crippen LogP contribution is -2.14. The third kappa shape index (κ3) is 3.57. The van der Waals surface area contributed by atoms with Crippen LogP contribution in [0.1, 0.15) is 69.8 Å². The highest BCUT2D eigenvalue weighted by Gasteiger charge is 2.23. The smallest absolute Gasteiger partial charge is 0.126 e. The van der Waals surface area contributed by atoms with E-state index < -0.39 is 0 Å². The Morgan fingerprint density at radius 3 is 2.44 bits per heavy atom. The van der Waals surface area contributed by atoms with Gasteiger partial charge in [0.15, 0.2) is 0 Å². The zero-order valence-corrected chi connectivity index (χ0v) is 11.5. The van der Waals surface area contributed by atoms with Crippen LogP contribution in [0.4, 0.5) is 4.39 Å². The highest BCUT2D eigenvalue weighted by atomic mass is 19.1. The molecule has 0 saturated heterocycles. The molecule has 1 saturated carbocycles. The maximum atomic E-state index is 13.7. The fraction of sp³-hybridized carbons (Fsp3) is 0.647. The topological polar surface area (TPSA) is 0 Å². The molecule has 0 heterocycles. The van der Waals surface area contributed by atoms with Crippen molar-refractivity contribution in [2.24, 2.45) is 5.92 Å². The maximum absolute atomic E-state index is 13.7. The van der Waals surface area contributed by atoms with Crippen molar-refractivity contribution in [1.82, 2.24) is 0 Å². The van der Waals surface area contributed by atoms with Crippen molar-refractivity contribution in [3.8, 4) is 0 Å². The molecule has 1 aliphatic carbocycles. The third-order valence-electron chi connectivity index (χ3n) is 4.41. The lowest BCUT2D eigenvalue weighted by molar-refractivity contribution is 0.299. The molecule has 1 heteroatoms. The molecule has 0 N–H and O–H groups in total. The Balaban J connectivity index is 1.81. The van der Waals surface area contributed by atoms with Gasteiger partial charge in [-0.1, -0.05) is 50.8 Å². The molecule has 0 spiro atoms. The van der Waals surface area contributed by atoms with Crippen LogP contribution >= 0.6 is 0 Å². The summed E-state index contributed by atoms with van der Waals surface area (Å²) in [5.74, 6) is 1.36. The largest absolute Gasteiger partial charge is 0.207 e. The van der Waals surface area contributed by atoms with E-state index in [1.54, 1.807) is 12.1 Å². The maximum Gasteiger partial charge on any atom is 0.126 e. The summed E-state index contributed by atoms with van der Waals surface area (Å²) in [6.45, 7) is 2.26. The minimum Gasteiger partial charge on any atom is -0.207 e. The number of benzene rings is 1. The van der Waals surface area contributed by atoms with Gasteiger partial charge in [0.05, 0.1) is 0 Å². The van der Waals surface area contributed by atoms with Gasteiger partial charge in [-0.05, 0) is 49.1 Å². The molecular formula is C17H25F. The van der Waals surface area contributed by atoms with E-state index in [2.05, 4.69) is 6.92 Å². The van der Waals surface area contributed by atoms with Crippen molar-refractivity contribution in [1.29, 1.82) is 0 Å². The second-order valence-electron chi connectivity index (χ2n) is 5.73. The quantitative estimate of drug-likeness (QED) is 0.588. The molecule has 0 nitrogen and oxygen atoms in total. The van der Waals surface area contributed by atoms with Gasteiger partial charge < -0.3 is 0 Å². The van der Waals surface area contributed by atoms with Gasteiger partial charge >= 0.3 is 0 Å². The molecule has 1 aromatic rings. The number of unbranched alkanes of at least 4 members (excludes halogenated alkanes) is 2. The Hall–Kier alpha value is -0.850. The first-order valence-electron chi connectivity index (χ1n) is 7.55. The number of hydrogen-bond acceptors (Lipinski definition) is 0. The first kappa shape index (κ1) is 13.6. The second kappa shape index (κ2) is 6.92. The van der Waals surface area contributed by atoms with E-state index >= 15 is 0 Å². The van der Waals surface area contributed by atoms with Crippen LogP contribution in [0.15, 0.2) is 24.3 Å². The van der Waals surface area contributed by atoms with Crippen molar-refractivity contribution < 1.29 is 4.39 Å². The number of hydrogen-bond donors (Lipinski definition) is 0. The standard InChI is InChI=1S/C17H25F/c1-2-3-4-7-14-10-12-15(13-11-14)16-8-5-6-9-17(16)18/h5-6,8-9,14-15H,2-4,7,10-13H2,1H3/t14-,15-. The van der Waals surface area contributed by atoms with Crippen LogP contribution < -0.4 is 0 Å². The second-order valence-corrected chi connectivity index (χ2v) is 5.73. The van der Waals surface area contributed by atoms with Gasteiger partial charge in [0.1, 0.15) is 5.82 Å². The van der Waals surface area contributed by atoms with Crippen LogP contribution in [0, 0.1) is 11.7 Å². The third-order valence-corrected chi connectivity index (χ3v) is 4.41.